The largest absolute Gasteiger partial charge is 0.508 e. The minimum atomic E-state index is -0.00324. The normalized spacial score (nSPS) is 10.1. The molecule has 0 aliphatic carbocycles. The van der Waals surface area contributed by atoms with E-state index in [1.807, 2.05) is 18.2 Å². The lowest BCUT2D eigenvalue weighted by atomic mass is 10.2. The van der Waals surface area contributed by atoms with Gasteiger partial charge in [-0.25, -0.2) is 0 Å². The first-order valence-electron chi connectivity index (χ1n) is 4.79. The van der Waals surface area contributed by atoms with Crippen LogP contribution >= 0.6 is 0 Å². The van der Waals surface area contributed by atoms with Gasteiger partial charge in [0.05, 0.1) is 13.2 Å². The van der Waals surface area contributed by atoms with Crippen molar-refractivity contribution in [2.45, 2.75) is 0 Å². The van der Waals surface area contributed by atoms with Gasteiger partial charge in [-0.15, -0.1) is 0 Å². The molecule has 0 unspecified atom stereocenters. The first kappa shape index (κ1) is 10.3. The number of benzene rings is 1. The molecule has 16 heavy (non-hydrogen) atoms. The van der Waals surface area contributed by atoms with Gasteiger partial charge < -0.3 is 14.9 Å². The highest BCUT2D eigenvalue weighted by atomic mass is 16.5. The fourth-order valence-corrected chi connectivity index (χ4v) is 1.49. The van der Waals surface area contributed by atoms with Gasteiger partial charge in [0.1, 0.15) is 5.75 Å². The molecule has 0 spiro atoms. The zero-order valence-corrected chi connectivity index (χ0v) is 8.79. The van der Waals surface area contributed by atoms with E-state index in [4.69, 9.17) is 4.74 Å². The van der Waals surface area contributed by atoms with Crippen LogP contribution in [0.25, 0.3) is 5.69 Å². The van der Waals surface area contributed by atoms with E-state index >= 15 is 0 Å². The first-order chi connectivity index (χ1) is 7.72. The number of phenols is 2. The SMILES string of the molecule is COc1cc(O)cc(-[n+]2ccccc2)c1O. The molecule has 0 radical (unpaired) electrons. The lowest BCUT2D eigenvalue weighted by Gasteiger charge is -2.05. The molecule has 0 saturated carbocycles. The third kappa shape index (κ3) is 1.77. The van der Waals surface area contributed by atoms with Crippen LogP contribution in [0.4, 0.5) is 0 Å². The predicted molar refractivity (Wildman–Crippen MR) is 57.9 cm³/mol. The van der Waals surface area contributed by atoms with Gasteiger partial charge in [-0.3, -0.25) is 0 Å². The molecule has 0 bridgehead atoms. The third-order valence-electron chi connectivity index (χ3n) is 2.25. The van der Waals surface area contributed by atoms with Crippen molar-refractivity contribution in [2.75, 3.05) is 7.11 Å². The van der Waals surface area contributed by atoms with Crippen LogP contribution in [0.5, 0.6) is 17.2 Å². The zero-order valence-electron chi connectivity index (χ0n) is 8.79. The van der Waals surface area contributed by atoms with E-state index in [1.165, 1.54) is 19.2 Å². The number of rotatable bonds is 2. The molecule has 1 aromatic carbocycles. The Hall–Kier alpha value is -2.23. The van der Waals surface area contributed by atoms with Gasteiger partial charge in [0.15, 0.2) is 18.1 Å². The lowest BCUT2D eigenvalue weighted by Crippen LogP contribution is -2.29. The summed E-state index contributed by atoms with van der Waals surface area (Å²) < 4.78 is 6.66. The number of phenolic OH excluding ortho intramolecular Hbond substituents is 2. The number of methoxy groups -OCH3 is 1. The molecule has 4 heteroatoms. The molecule has 2 rings (SSSR count). The van der Waals surface area contributed by atoms with Gasteiger partial charge in [0.25, 0.3) is 5.69 Å². The van der Waals surface area contributed by atoms with E-state index in [0.717, 1.165) is 0 Å². The van der Waals surface area contributed by atoms with Crippen LogP contribution in [0.2, 0.25) is 0 Å². The van der Waals surface area contributed by atoms with Crippen molar-refractivity contribution in [3.8, 4) is 22.9 Å². The summed E-state index contributed by atoms with van der Waals surface area (Å²) in [6, 6.07) is 8.36. The van der Waals surface area contributed by atoms with Crippen LogP contribution in [0.1, 0.15) is 0 Å². The highest BCUT2D eigenvalue weighted by Crippen LogP contribution is 2.33. The average molecular weight is 218 g/mol. The zero-order chi connectivity index (χ0) is 11.5. The minimum Gasteiger partial charge on any atom is -0.508 e. The molecule has 0 atom stereocenters. The van der Waals surface area contributed by atoms with Crippen molar-refractivity contribution in [2.24, 2.45) is 0 Å². The van der Waals surface area contributed by atoms with Crippen LogP contribution in [0.3, 0.4) is 0 Å². The summed E-state index contributed by atoms with van der Waals surface area (Å²) in [7, 11) is 1.44. The summed E-state index contributed by atoms with van der Waals surface area (Å²) in [5.74, 6) is 0.281. The summed E-state index contributed by atoms with van der Waals surface area (Å²) in [5.41, 5.74) is 0.470. The minimum absolute atomic E-state index is 0.00324. The number of pyridine rings is 1. The number of aromatic nitrogens is 1. The summed E-state index contributed by atoms with van der Waals surface area (Å²) in [6.07, 6.45) is 3.54. The van der Waals surface area contributed by atoms with E-state index in [-0.39, 0.29) is 17.2 Å². The number of ether oxygens (including phenoxy) is 1. The van der Waals surface area contributed by atoms with E-state index in [1.54, 1.807) is 17.0 Å². The molecule has 0 aliphatic heterocycles. The Kier molecular flexibility index (Phi) is 2.64. The number of aromatic hydroxyl groups is 2. The fourth-order valence-electron chi connectivity index (χ4n) is 1.49. The van der Waals surface area contributed by atoms with Crippen molar-refractivity contribution in [3.05, 3.63) is 42.7 Å². The van der Waals surface area contributed by atoms with Gasteiger partial charge >= 0.3 is 0 Å². The second-order valence-electron chi connectivity index (χ2n) is 3.30. The van der Waals surface area contributed by atoms with Crippen LogP contribution in [0.15, 0.2) is 42.7 Å². The van der Waals surface area contributed by atoms with E-state index in [0.29, 0.717) is 5.69 Å². The second kappa shape index (κ2) is 4.10. The molecule has 0 fully saturated rings. The Morgan fingerprint density at radius 2 is 1.75 bits per heavy atom. The molecule has 0 aliphatic rings. The maximum atomic E-state index is 9.91. The van der Waals surface area contributed by atoms with Crippen LogP contribution in [-0.4, -0.2) is 17.3 Å². The fraction of sp³-hybridized carbons (Fsp3) is 0.0833. The summed E-state index contributed by atoms with van der Waals surface area (Å²) in [5, 5.41) is 19.4. The van der Waals surface area contributed by atoms with Crippen molar-refractivity contribution in [3.63, 3.8) is 0 Å². The van der Waals surface area contributed by atoms with Crippen molar-refractivity contribution in [1.29, 1.82) is 0 Å². The second-order valence-corrected chi connectivity index (χ2v) is 3.30. The van der Waals surface area contributed by atoms with E-state index in [2.05, 4.69) is 0 Å². The third-order valence-corrected chi connectivity index (χ3v) is 2.25. The maximum absolute atomic E-state index is 9.91. The summed E-state index contributed by atoms with van der Waals surface area (Å²) >= 11 is 0. The molecule has 82 valence electrons. The predicted octanol–water partition coefficient (Wildman–Crippen LogP) is 1.38. The van der Waals surface area contributed by atoms with Crippen LogP contribution in [0, 0.1) is 0 Å². The molecule has 1 heterocycles. The Balaban J connectivity index is 2.61. The summed E-state index contributed by atoms with van der Waals surface area (Å²) in [6.45, 7) is 0. The number of hydrogen-bond donors (Lipinski definition) is 2. The first-order valence-corrected chi connectivity index (χ1v) is 4.79. The molecule has 2 N–H and O–H groups in total. The Labute approximate surface area is 93.0 Å². The van der Waals surface area contributed by atoms with Crippen molar-refractivity contribution < 1.29 is 19.5 Å². The Bertz CT molecular complexity index is 497. The van der Waals surface area contributed by atoms with Gasteiger partial charge in [0.2, 0.25) is 5.75 Å². The number of nitrogens with zero attached hydrogens (tertiary/aromatic N) is 1. The van der Waals surface area contributed by atoms with E-state index < -0.39 is 0 Å². The Morgan fingerprint density at radius 3 is 2.38 bits per heavy atom. The average Bonchev–Trinajstić information content (AvgIpc) is 2.33. The monoisotopic (exact) mass is 218 g/mol. The smallest absolute Gasteiger partial charge is 0.260 e. The quantitative estimate of drug-likeness (QED) is 0.591. The molecule has 0 saturated heterocycles. The molecule has 0 amide bonds. The highest BCUT2D eigenvalue weighted by Gasteiger charge is 2.17. The standard InChI is InChI=1S/C12H11NO3/c1-16-11-8-9(14)7-10(12(11)15)13-5-3-2-4-6-13/h2-8H,1H3,(H-,14,15)/p+1. The molecular weight excluding hydrogens is 206 g/mol. The maximum Gasteiger partial charge on any atom is 0.260 e. The van der Waals surface area contributed by atoms with Crippen molar-refractivity contribution >= 4 is 0 Å². The van der Waals surface area contributed by atoms with Crippen LogP contribution in [-0.2, 0) is 0 Å². The molecule has 4 nitrogen and oxygen atoms in total. The lowest BCUT2D eigenvalue weighted by molar-refractivity contribution is -0.596. The Morgan fingerprint density at radius 1 is 1.06 bits per heavy atom. The highest BCUT2D eigenvalue weighted by molar-refractivity contribution is 5.54. The van der Waals surface area contributed by atoms with Gasteiger partial charge in [-0.1, -0.05) is 6.07 Å². The molecule has 1 aromatic heterocycles. The topological polar surface area (TPSA) is 53.6 Å². The van der Waals surface area contributed by atoms with E-state index in [9.17, 15) is 10.2 Å². The van der Waals surface area contributed by atoms with Gasteiger partial charge in [0, 0.05) is 18.2 Å². The summed E-state index contributed by atoms with van der Waals surface area (Å²) in [4.78, 5) is 0. The number of hydrogen-bond acceptors (Lipinski definition) is 3. The van der Waals surface area contributed by atoms with Gasteiger partial charge in [-0.2, -0.15) is 4.57 Å². The molecule has 2 aromatic rings. The van der Waals surface area contributed by atoms with Gasteiger partial charge in [-0.05, 0) is 0 Å². The molecular formula is C12H12NO3+. The van der Waals surface area contributed by atoms with Crippen molar-refractivity contribution in [1.82, 2.24) is 0 Å². The van der Waals surface area contributed by atoms with Crippen LogP contribution < -0.4 is 9.30 Å².